The Morgan fingerprint density at radius 3 is 2.70 bits per heavy atom. The number of anilines is 1. The first-order chi connectivity index (χ1) is 9.60. The third kappa shape index (κ3) is 5.31. The molecule has 0 aliphatic heterocycles. The molecule has 114 valence electrons. The molecule has 0 aromatic heterocycles. The van der Waals surface area contributed by atoms with Gasteiger partial charge in [0.05, 0.1) is 6.61 Å². The first-order valence-corrected chi connectivity index (χ1v) is 7.69. The molecule has 0 saturated carbocycles. The first-order valence-electron chi connectivity index (χ1n) is 7.32. The molecule has 1 rings (SSSR count). The van der Waals surface area contributed by atoms with E-state index in [1.165, 1.54) is 11.3 Å². The molecule has 0 radical (unpaired) electrons. The van der Waals surface area contributed by atoms with Crippen molar-refractivity contribution < 1.29 is 4.74 Å². The van der Waals surface area contributed by atoms with E-state index < -0.39 is 0 Å². The van der Waals surface area contributed by atoms with Gasteiger partial charge in [0.2, 0.25) is 0 Å². The molecule has 20 heavy (non-hydrogen) atoms. The van der Waals surface area contributed by atoms with Gasteiger partial charge in [0.15, 0.2) is 0 Å². The average Bonchev–Trinajstić information content (AvgIpc) is 2.41. The van der Waals surface area contributed by atoms with Crippen LogP contribution in [0.15, 0.2) is 18.2 Å². The second kappa shape index (κ2) is 9.22. The van der Waals surface area contributed by atoms with Crippen molar-refractivity contribution >= 4 is 17.3 Å². The third-order valence-corrected chi connectivity index (χ3v) is 3.49. The lowest BCUT2D eigenvalue weighted by atomic mass is 10.1. The topological polar surface area (TPSA) is 24.5 Å². The monoisotopic (exact) mass is 298 g/mol. The number of hydrogen-bond donors (Lipinski definition) is 1. The van der Waals surface area contributed by atoms with Crippen LogP contribution in [0.4, 0.5) is 5.69 Å². The number of hydrogen-bond acceptors (Lipinski definition) is 3. The predicted molar refractivity (Wildman–Crippen MR) is 87.8 cm³/mol. The highest BCUT2D eigenvalue weighted by Gasteiger charge is 2.14. The smallest absolute Gasteiger partial charge is 0.0637 e. The summed E-state index contributed by atoms with van der Waals surface area (Å²) in [6.45, 7) is 10.9. The zero-order valence-electron chi connectivity index (χ0n) is 13.1. The quantitative estimate of drug-likeness (QED) is 0.754. The highest BCUT2D eigenvalue weighted by molar-refractivity contribution is 6.31. The van der Waals surface area contributed by atoms with Crippen molar-refractivity contribution in [3.63, 3.8) is 0 Å². The SMILES string of the molecule is CCNCc1c(Cl)cccc1N(CCOC)CC(C)C. The van der Waals surface area contributed by atoms with Gasteiger partial charge in [-0.05, 0) is 24.6 Å². The molecular formula is C16H27ClN2O. The van der Waals surface area contributed by atoms with Gasteiger partial charge in [0, 0.05) is 43.0 Å². The molecule has 1 aromatic carbocycles. The summed E-state index contributed by atoms with van der Waals surface area (Å²) in [5, 5.41) is 4.20. The van der Waals surface area contributed by atoms with Crippen molar-refractivity contribution in [2.24, 2.45) is 5.92 Å². The first kappa shape index (κ1) is 17.3. The molecule has 4 heteroatoms. The van der Waals surface area contributed by atoms with Gasteiger partial charge in [-0.2, -0.15) is 0 Å². The molecule has 0 bridgehead atoms. The van der Waals surface area contributed by atoms with Crippen LogP contribution < -0.4 is 10.2 Å². The minimum absolute atomic E-state index is 0.595. The minimum atomic E-state index is 0.595. The van der Waals surface area contributed by atoms with Gasteiger partial charge in [-0.15, -0.1) is 0 Å². The lowest BCUT2D eigenvalue weighted by molar-refractivity contribution is 0.204. The molecule has 0 atom stereocenters. The Balaban J connectivity index is 3.00. The Kier molecular flexibility index (Phi) is 7.97. The van der Waals surface area contributed by atoms with Crippen LogP contribution in [0, 0.1) is 5.92 Å². The summed E-state index contributed by atoms with van der Waals surface area (Å²) in [6.07, 6.45) is 0. The number of nitrogens with zero attached hydrogens (tertiary/aromatic N) is 1. The molecule has 0 spiro atoms. The van der Waals surface area contributed by atoms with Crippen molar-refractivity contribution in [2.75, 3.05) is 38.3 Å². The Morgan fingerprint density at radius 2 is 2.10 bits per heavy atom. The van der Waals surface area contributed by atoms with Crippen LogP contribution >= 0.6 is 11.6 Å². The van der Waals surface area contributed by atoms with Crippen LogP contribution in [0.1, 0.15) is 26.3 Å². The summed E-state index contributed by atoms with van der Waals surface area (Å²) in [5.74, 6) is 0.595. The molecule has 0 saturated heterocycles. The maximum Gasteiger partial charge on any atom is 0.0637 e. The molecular weight excluding hydrogens is 272 g/mol. The molecule has 0 fully saturated rings. The molecule has 0 unspecified atom stereocenters. The minimum Gasteiger partial charge on any atom is -0.383 e. The number of ether oxygens (including phenoxy) is 1. The van der Waals surface area contributed by atoms with Gasteiger partial charge in [0.1, 0.15) is 0 Å². The Bertz CT molecular complexity index is 396. The zero-order valence-corrected chi connectivity index (χ0v) is 13.8. The maximum atomic E-state index is 6.38. The second-order valence-corrected chi connectivity index (χ2v) is 5.76. The summed E-state index contributed by atoms with van der Waals surface area (Å²) in [4.78, 5) is 2.37. The number of nitrogens with one attached hydrogen (secondary N) is 1. The molecule has 0 amide bonds. The lowest BCUT2D eigenvalue weighted by Gasteiger charge is -2.29. The van der Waals surface area contributed by atoms with E-state index in [2.05, 4.69) is 37.1 Å². The molecule has 1 aromatic rings. The standard InChI is InChI=1S/C16H27ClN2O/c1-5-18-11-14-15(17)7-6-8-16(14)19(9-10-20-4)12-13(2)3/h6-8,13,18H,5,9-12H2,1-4H3. The van der Waals surface area contributed by atoms with Gasteiger partial charge in [-0.25, -0.2) is 0 Å². The van der Waals surface area contributed by atoms with E-state index in [4.69, 9.17) is 16.3 Å². The van der Waals surface area contributed by atoms with Crippen LogP contribution in [-0.2, 0) is 11.3 Å². The normalized spacial score (nSPS) is 11.1. The number of benzene rings is 1. The van der Waals surface area contributed by atoms with Gasteiger partial charge < -0.3 is 15.0 Å². The number of methoxy groups -OCH3 is 1. The summed E-state index contributed by atoms with van der Waals surface area (Å²) >= 11 is 6.38. The van der Waals surface area contributed by atoms with Crippen LogP contribution in [0.5, 0.6) is 0 Å². The van der Waals surface area contributed by atoms with E-state index in [1.54, 1.807) is 7.11 Å². The van der Waals surface area contributed by atoms with Crippen LogP contribution in [0.3, 0.4) is 0 Å². The molecule has 0 aliphatic rings. The Morgan fingerprint density at radius 1 is 1.35 bits per heavy atom. The summed E-state index contributed by atoms with van der Waals surface area (Å²) in [6, 6.07) is 6.13. The summed E-state index contributed by atoms with van der Waals surface area (Å²) in [7, 11) is 1.74. The Labute approximate surface area is 128 Å². The molecule has 1 N–H and O–H groups in total. The maximum absolute atomic E-state index is 6.38. The highest BCUT2D eigenvalue weighted by Crippen LogP contribution is 2.28. The molecule has 0 aliphatic carbocycles. The fourth-order valence-electron chi connectivity index (χ4n) is 2.22. The van der Waals surface area contributed by atoms with E-state index in [0.717, 1.165) is 37.8 Å². The zero-order chi connectivity index (χ0) is 15.0. The van der Waals surface area contributed by atoms with E-state index >= 15 is 0 Å². The Hall–Kier alpha value is -0.770. The summed E-state index contributed by atoms with van der Waals surface area (Å²) < 4.78 is 5.24. The van der Waals surface area contributed by atoms with Gasteiger partial charge >= 0.3 is 0 Å². The number of halogens is 1. The van der Waals surface area contributed by atoms with Crippen molar-refractivity contribution in [3.8, 4) is 0 Å². The average molecular weight is 299 g/mol. The second-order valence-electron chi connectivity index (χ2n) is 5.35. The van der Waals surface area contributed by atoms with E-state index in [-0.39, 0.29) is 0 Å². The molecule has 3 nitrogen and oxygen atoms in total. The van der Waals surface area contributed by atoms with E-state index in [9.17, 15) is 0 Å². The summed E-state index contributed by atoms with van der Waals surface area (Å²) in [5.41, 5.74) is 2.39. The van der Waals surface area contributed by atoms with Crippen LogP contribution in [0.2, 0.25) is 5.02 Å². The van der Waals surface area contributed by atoms with Crippen molar-refractivity contribution in [3.05, 3.63) is 28.8 Å². The number of rotatable bonds is 9. The van der Waals surface area contributed by atoms with E-state index in [0.29, 0.717) is 5.92 Å². The molecule has 0 heterocycles. The van der Waals surface area contributed by atoms with Gasteiger partial charge in [0.25, 0.3) is 0 Å². The van der Waals surface area contributed by atoms with E-state index in [1.807, 2.05) is 12.1 Å². The highest BCUT2D eigenvalue weighted by atomic mass is 35.5. The largest absolute Gasteiger partial charge is 0.383 e. The lowest BCUT2D eigenvalue weighted by Crippen LogP contribution is -2.32. The van der Waals surface area contributed by atoms with Gasteiger partial charge in [-0.1, -0.05) is 38.4 Å². The fraction of sp³-hybridized carbons (Fsp3) is 0.625. The van der Waals surface area contributed by atoms with Crippen molar-refractivity contribution in [1.82, 2.24) is 5.32 Å². The van der Waals surface area contributed by atoms with Crippen LogP contribution in [0.25, 0.3) is 0 Å². The third-order valence-electron chi connectivity index (χ3n) is 3.14. The predicted octanol–water partition coefficient (Wildman–Crippen LogP) is 3.56. The van der Waals surface area contributed by atoms with Crippen molar-refractivity contribution in [1.29, 1.82) is 0 Å². The van der Waals surface area contributed by atoms with Crippen LogP contribution in [-0.4, -0.2) is 33.4 Å². The van der Waals surface area contributed by atoms with Crippen molar-refractivity contribution in [2.45, 2.75) is 27.3 Å². The fourth-order valence-corrected chi connectivity index (χ4v) is 2.46. The van der Waals surface area contributed by atoms with Gasteiger partial charge in [-0.3, -0.25) is 0 Å².